The summed E-state index contributed by atoms with van der Waals surface area (Å²) in [6.45, 7) is 0.154. The SMILES string of the molecule is O=C(COc1cccc(F)c1)NCc1ccc2c(c1)CC(=O)N2. The Labute approximate surface area is 132 Å². The van der Waals surface area contributed by atoms with Gasteiger partial charge in [-0.3, -0.25) is 9.59 Å². The number of carbonyl (C=O) groups is 2. The second-order valence-corrected chi connectivity index (χ2v) is 5.24. The first-order chi connectivity index (χ1) is 11.1. The summed E-state index contributed by atoms with van der Waals surface area (Å²) in [5.41, 5.74) is 2.65. The Morgan fingerprint density at radius 2 is 2.13 bits per heavy atom. The number of amides is 2. The van der Waals surface area contributed by atoms with Gasteiger partial charge in [-0.25, -0.2) is 4.39 Å². The van der Waals surface area contributed by atoms with E-state index in [9.17, 15) is 14.0 Å². The molecule has 0 bridgehead atoms. The minimum Gasteiger partial charge on any atom is -0.484 e. The van der Waals surface area contributed by atoms with Gasteiger partial charge in [-0.05, 0) is 29.3 Å². The maximum absolute atomic E-state index is 13.0. The molecule has 0 fully saturated rings. The van der Waals surface area contributed by atoms with Gasteiger partial charge in [0.15, 0.2) is 6.61 Å². The van der Waals surface area contributed by atoms with E-state index >= 15 is 0 Å². The smallest absolute Gasteiger partial charge is 0.258 e. The summed E-state index contributed by atoms with van der Waals surface area (Å²) in [5.74, 6) is -0.430. The van der Waals surface area contributed by atoms with Crippen molar-refractivity contribution < 1.29 is 18.7 Å². The quantitative estimate of drug-likeness (QED) is 0.887. The Hall–Kier alpha value is -2.89. The van der Waals surface area contributed by atoms with Gasteiger partial charge in [0, 0.05) is 18.3 Å². The first kappa shape index (κ1) is 15.0. The first-order valence-corrected chi connectivity index (χ1v) is 7.17. The highest BCUT2D eigenvalue weighted by Crippen LogP contribution is 2.23. The van der Waals surface area contributed by atoms with Crippen LogP contribution in [0.4, 0.5) is 10.1 Å². The molecule has 0 unspecified atom stereocenters. The fourth-order valence-electron chi connectivity index (χ4n) is 2.35. The molecule has 2 aromatic rings. The zero-order valence-corrected chi connectivity index (χ0v) is 12.3. The topological polar surface area (TPSA) is 67.4 Å². The molecule has 118 valence electrons. The van der Waals surface area contributed by atoms with Gasteiger partial charge in [0.05, 0.1) is 6.42 Å². The molecule has 0 radical (unpaired) electrons. The number of anilines is 1. The van der Waals surface area contributed by atoms with Gasteiger partial charge in [0.2, 0.25) is 5.91 Å². The molecule has 2 aromatic carbocycles. The fourth-order valence-corrected chi connectivity index (χ4v) is 2.35. The van der Waals surface area contributed by atoms with E-state index in [1.165, 1.54) is 18.2 Å². The molecule has 1 heterocycles. The number of carbonyl (C=O) groups excluding carboxylic acids is 2. The van der Waals surface area contributed by atoms with Crippen LogP contribution in [-0.2, 0) is 22.6 Å². The average molecular weight is 314 g/mol. The van der Waals surface area contributed by atoms with Gasteiger partial charge in [-0.2, -0.15) is 0 Å². The van der Waals surface area contributed by atoms with Gasteiger partial charge >= 0.3 is 0 Å². The monoisotopic (exact) mass is 314 g/mol. The van der Waals surface area contributed by atoms with E-state index in [1.807, 2.05) is 18.2 Å². The van der Waals surface area contributed by atoms with Gasteiger partial charge in [-0.1, -0.05) is 18.2 Å². The second-order valence-electron chi connectivity index (χ2n) is 5.24. The van der Waals surface area contributed by atoms with Crippen LogP contribution in [-0.4, -0.2) is 18.4 Å². The van der Waals surface area contributed by atoms with E-state index in [-0.39, 0.29) is 18.4 Å². The molecule has 23 heavy (non-hydrogen) atoms. The van der Waals surface area contributed by atoms with Crippen LogP contribution in [0.2, 0.25) is 0 Å². The lowest BCUT2D eigenvalue weighted by Crippen LogP contribution is -2.28. The fraction of sp³-hybridized carbons (Fsp3) is 0.176. The molecule has 2 N–H and O–H groups in total. The van der Waals surface area contributed by atoms with E-state index in [0.29, 0.717) is 18.7 Å². The molecular formula is C17H15FN2O3. The Bertz CT molecular complexity index is 761. The maximum atomic E-state index is 13.0. The standard InChI is InChI=1S/C17H15FN2O3/c18-13-2-1-3-14(8-13)23-10-17(22)19-9-11-4-5-15-12(6-11)7-16(21)20-15/h1-6,8H,7,9-10H2,(H,19,22)(H,20,21). The summed E-state index contributed by atoms with van der Waals surface area (Å²) in [5, 5.41) is 5.48. The zero-order chi connectivity index (χ0) is 16.2. The number of hydrogen-bond acceptors (Lipinski definition) is 3. The zero-order valence-electron chi connectivity index (χ0n) is 12.3. The van der Waals surface area contributed by atoms with E-state index in [1.54, 1.807) is 6.07 Å². The maximum Gasteiger partial charge on any atom is 0.258 e. The van der Waals surface area contributed by atoms with Crippen molar-refractivity contribution >= 4 is 17.5 Å². The third-order valence-electron chi connectivity index (χ3n) is 3.45. The Balaban J connectivity index is 1.49. The lowest BCUT2D eigenvalue weighted by molar-refractivity contribution is -0.123. The highest BCUT2D eigenvalue weighted by Gasteiger charge is 2.17. The summed E-state index contributed by atoms with van der Waals surface area (Å²) in [6.07, 6.45) is 0.361. The van der Waals surface area contributed by atoms with Crippen LogP contribution in [0.15, 0.2) is 42.5 Å². The van der Waals surface area contributed by atoms with Gasteiger partial charge in [0.25, 0.3) is 5.91 Å². The summed E-state index contributed by atoms with van der Waals surface area (Å²) >= 11 is 0. The number of nitrogens with one attached hydrogen (secondary N) is 2. The minimum absolute atomic E-state index is 0.0234. The van der Waals surface area contributed by atoms with Crippen molar-refractivity contribution in [3.8, 4) is 5.75 Å². The summed E-state index contributed by atoms with van der Waals surface area (Å²) in [6, 6.07) is 11.2. The van der Waals surface area contributed by atoms with Crippen molar-refractivity contribution in [1.29, 1.82) is 0 Å². The van der Waals surface area contributed by atoms with Crippen molar-refractivity contribution in [2.45, 2.75) is 13.0 Å². The highest BCUT2D eigenvalue weighted by molar-refractivity contribution is 5.99. The first-order valence-electron chi connectivity index (χ1n) is 7.17. The molecule has 1 aliphatic rings. The van der Waals surface area contributed by atoms with Crippen LogP contribution in [0.25, 0.3) is 0 Å². The summed E-state index contributed by atoms with van der Waals surface area (Å²) < 4.78 is 18.2. The van der Waals surface area contributed by atoms with E-state index in [0.717, 1.165) is 16.8 Å². The molecule has 0 saturated heterocycles. The Kier molecular flexibility index (Phi) is 4.23. The van der Waals surface area contributed by atoms with Crippen LogP contribution in [0, 0.1) is 5.82 Å². The third kappa shape index (κ3) is 3.85. The second kappa shape index (κ2) is 6.48. The van der Waals surface area contributed by atoms with E-state index < -0.39 is 5.82 Å². The van der Waals surface area contributed by atoms with Crippen LogP contribution in [0.5, 0.6) is 5.75 Å². The predicted octanol–water partition coefficient (Wildman–Crippen LogP) is 2.02. The van der Waals surface area contributed by atoms with Crippen molar-refractivity contribution in [3.63, 3.8) is 0 Å². The van der Waals surface area contributed by atoms with Gasteiger partial charge < -0.3 is 15.4 Å². The average Bonchev–Trinajstić information content (AvgIpc) is 2.90. The van der Waals surface area contributed by atoms with Crippen LogP contribution in [0.3, 0.4) is 0 Å². The molecule has 0 aromatic heterocycles. The number of rotatable bonds is 5. The number of benzene rings is 2. The molecular weight excluding hydrogens is 299 g/mol. The van der Waals surface area contributed by atoms with E-state index in [4.69, 9.17) is 4.74 Å². The number of ether oxygens (including phenoxy) is 1. The van der Waals surface area contributed by atoms with Crippen molar-refractivity contribution in [3.05, 3.63) is 59.4 Å². The Morgan fingerprint density at radius 1 is 1.26 bits per heavy atom. The minimum atomic E-state index is -0.413. The van der Waals surface area contributed by atoms with Crippen molar-refractivity contribution in [2.75, 3.05) is 11.9 Å². The number of halogens is 1. The lowest BCUT2D eigenvalue weighted by Gasteiger charge is -2.08. The van der Waals surface area contributed by atoms with Crippen LogP contribution < -0.4 is 15.4 Å². The molecule has 2 amide bonds. The van der Waals surface area contributed by atoms with Crippen molar-refractivity contribution in [1.82, 2.24) is 5.32 Å². The molecule has 6 heteroatoms. The van der Waals surface area contributed by atoms with Gasteiger partial charge in [-0.15, -0.1) is 0 Å². The van der Waals surface area contributed by atoms with Crippen LogP contribution in [0.1, 0.15) is 11.1 Å². The lowest BCUT2D eigenvalue weighted by atomic mass is 10.1. The van der Waals surface area contributed by atoms with E-state index in [2.05, 4.69) is 10.6 Å². The molecule has 0 spiro atoms. The number of fused-ring (bicyclic) bond motifs is 1. The molecule has 0 atom stereocenters. The Morgan fingerprint density at radius 3 is 2.96 bits per heavy atom. The third-order valence-corrected chi connectivity index (χ3v) is 3.45. The van der Waals surface area contributed by atoms with Crippen LogP contribution >= 0.6 is 0 Å². The van der Waals surface area contributed by atoms with Crippen molar-refractivity contribution in [2.24, 2.45) is 0 Å². The molecule has 0 saturated carbocycles. The molecule has 1 aliphatic heterocycles. The largest absolute Gasteiger partial charge is 0.484 e. The summed E-state index contributed by atoms with van der Waals surface area (Å²) in [7, 11) is 0. The molecule has 3 rings (SSSR count). The number of hydrogen-bond donors (Lipinski definition) is 2. The predicted molar refractivity (Wildman–Crippen MR) is 82.5 cm³/mol. The van der Waals surface area contributed by atoms with Gasteiger partial charge in [0.1, 0.15) is 11.6 Å². The normalized spacial score (nSPS) is 12.5. The molecule has 5 nitrogen and oxygen atoms in total. The summed E-state index contributed by atoms with van der Waals surface area (Å²) in [4.78, 5) is 23.1. The molecule has 0 aliphatic carbocycles. The highest BCUT2D eigenvalue weighted by atomic mass is 19.1.